The van der Waals surface area contributed by atoms with Crippen molar-refractivity contribution in [2.75, 3.05) is 5.32 Å². The lowest BCUT2D eigenvalue weighted by Gasteiger charge is -2.14. The number of nitrogens with zero attached hydrogens (tertiary/aromatic N) is 1. The molecule has 0 bridgehead atoms. The van der Waals surface area contributed by atoms with E-state index in [0.717, 1.165) is 6.07 Å². The summed E-state index contributed by atoms with van der Waals surface area (Å²) in [6.07, 6.45) is 0. The fraction of sp³-hybridized carbons (Fsp3) is 0.263. The molecule has 10 heteroatoms. The molecular formula is C19H18Cl2N2O6. The van der Waals surface area contributed by atoms with Crippen LogP contribution in [-0.4, -0.2) is 21.9 Å². The van der Waals surface area contributed by atoms with Crippen molar-refractivity contribution >= 4 is 46.5 Å². The SMILES string of the molecule is CC(C)C(=O)Nc1ccc(Oc2c(Cl)cc(C(C)C(=O)O)cc2Cl)cc1[N+](=O)[O-]. The third-order valence-electron chi connectivity index (χ3n) is 4.06. The van der Waals surface area contributed by atoms with E-state index in [4.69, 9.17) is 33.0 Å². The predicted molar refractivity (Wildman–Crippen MR) is 109 cm³/mol. The average molecular weight is 441 g/mol. The molecule has 2 N–H and O–H groups in total. The van der Waals surface area contributed by atoms with Gasteiger partial charge in [0.05, 0.1) is 27.0 Å². The summed E-state index contributed by atoms with van der Waals surface area (Å²) in [5.74, 6) is -2.49. The number of nitro benzene ring substituents is 1. The van der Waals surface area contributed by atoms with Gasteiger partial charge in [-0.3, -0.25) is 19.7 Å². The summed E-state index contributed by atoms with van der Waals surface area (Å²) >= 11 is 12.4. The van der Waals surface area contributed by atoms with Gasteiger partial charge in [-0.25, -0.2) is 0 Å². The molecule has 2 aromatic rings. The molecule has 0 radical (unpaired) electrons. The van der Waals surface area contributed by atoms with Crippen molar-refractivity contribution in [1.29, 1.82) is 0 Å². The number of halogens is 2. The lowest BCUT2D eigenvalue weighted by molar-refractivity contribution is -0.384. The Morgan fingerprint density at radius 1 is 1.14 bits per heavy atom. The van der Waals surface area contributed by atoms with Crippen LogP contribution in [0, 0.1) is 16.0 Å². The molecule has 0 heterocycles. The van der Waals surface area contributed by atoms with Gasteiger partial charge in [0.15, 0.2) is 5.75 Å². The summed E-state index contributed by atoms with van der Waals surface area (Å²) in [7, 11) is 0. The average Bonchev–Trinajstić information content (AvgIpc) is 2.64. The quantitative estimate of drug-likeness (QED) is 0.434. The van der Waals surface area contributed by atoms with E-state index in [0.29, 0.717) is 5.56 Å². The van der Waals surface area contributed by atoms with Crippen LogP contribution in [0.1, 0.15) is 32.3 Å². The number of benzene rings is 2. The molecule has 1 atom stereocenters. The lowest BCUT2D eigenvalue weighted by Crippen LogP contribution is -2.18. The number of carboxylic acid groups (broad SMARTS) is 1. The number of aliphatic carboxylic acids is 1. The number of carbonyl (C=O) groups is 2. The van der Waals surface area contributed by atoms with Crippen molar-refractivity contribution < 1.29 is 24.4 Å². The number of carbonyl (C=O) groups excluding carboxylic acids is 1. The van der Waals surface area contributed by atoms with E-state index in [9.17, 15) is 19.7 Å². The van der Waals surface area contributed by atoms with Crippen LogP contribution in [0.15, 0.2) is 30.3 Å². The largest absolute Gasteiger partial charge is 0.481 e. The maximum Gasteiger partial charge on any atom is 0.310 e. The molecule has 0 saturated carbocycles. The maximum atomic E-state index is 11.8. The number of amides is 1. The van der Waals surface area contributed by atoms with Crippen molar-refractivity contribution in [2.24, 2.45) is 5.92 Å². The Balaban J connectivity index is 2.37. The zero-order chi connectivity index (χ0) is 21.9. The fourth-order valence-corrected chi connectivity index (χ4v) is 2.88. The molecule has 2 rings (SSSR count). The van der Waals surface area contributed by atoms with Gasteiger partial charge in [-0.2, -0.15) is 0 Å². The lowest BCUT2D eigenvalue weighted by atomic mass is 10.0. The van der Waals surface area contributed by atoms with E-state index < -0.39 is 16.8 Å². The second-order valence-corrected chi connectivity index (χ2v) is 7.37. The Bertz CT molecular complexity index is 954. The van der Waals surface area contributed by atoms with Crippen molar-refractivity contribution in [3.8, 4) is 11.5 Å². The van der Waals surface area contributed by atoms with Crippen molar-refractivity contribution in [3.63, 3.8) is 0 Å². The summed E-state index contributed by atoms with van der Waals surface area (Å²) in [5.41, 5.74) is 0.0568. The minimum absolute atomic E-state index is 0.0305. The molecule has 29 heavy (non-hydrogen) atoms. The van der Waals surface area contributed by atoms with Crippen molar-refractivity contribution in [2.45, 2.75) is 26.7 Å². The number of nitrogens with one attached hydrogen (secondary N) is 1. The Labute approximate surface area is 176 Å². The number of rotatable bonds is 7. The predicted octanol–water partition coefficient (Wildman–Crippen LogP) is 5.48. The molecule has 8 nitrogen and oxygen atoms in total. The summed E-state index contributed by atoms with van der Waals surface area (Å²) < 4.78 is 5.60. The summed E-state index contributed by atoms with van der Waals surface area (Å²) in [6.45, 7) is 4.81. The first-order chi connectivity index (χ1) is 13.5. The Morgan fingerprint density at radius 3 is 2.21 bits per heavy atom. The van der Waals surface area contributed by atoms with Crippen LogP contribution in [0.5, 0.6) is 11.5 Å². The van der Waals surface area contributed by atoms with E-state index in [1.165, 1.54) is 31.2 Å². The highest BCUT2D eigenvalue weighted by molar-refractivity contribution is 6.37. The third kappa shape index (κ3) is 5.36. The van der Waals surface area contributed by atoms with E-state index in [2.05, 4.69) is 5.32 Å². The minimum atomic E-state index is -1.04. The van der Waals surface area contributed by atoms with Gasteiger partial charge in [0, 0.05) is 5.92 Å². The van der Waals surface area contributed by atoms with E-state index in [1.54, 1.807) is 13.8 Å². The topological polar surface area (TPSA) is 119 Å². The molecular weight excluding hydrogens is 423 g/mol. The van der Waals surface area contributed by atoms with Crippen LogP contribution in [-0.2, 0) is 9.59 Å². The molecule has 0 aliphatic carbocycles. The molecule has 1 unspecified atom stereocenters. The monoisotopic (exact) mass is 440 g/mol. The zero-order valence-electron chi connectivity index (χ0n) is 15.7. The highest BCUT2D eigenvalue weighted by Crippen LogP contribution is 2.40. The van der Waals surface area contributed by atoms with Crippen LogP contribution in [0.2, 0.25) is 10.0 Å². The first-order valence-corrected chi connectivity index (χ1v) is 9.25. The number of ether oxygens (including phenoxy) is 1. The van der Waals surface area contributed by atoms with E-state index >= 15 is 0 Å². The molecule has 0 aliphatic rings. The zero-order valence-corrected chi connectivity index (χ0v) is 17.2. The number of nitro groups is 1. The second kappa shape index (κ2) is 9.11. The smallest absolute Gasteiger partial charge is 0.310 e. The van der Waals surface area contributed by atoms with Crippen LogP contribution in [0.4, 0.5) is 11.4 Å². The Kier molecular flexibility index (Phi) is 7.05. The van der Waals surface area contributed by atoms with Crippen LogP contribution >= 0.6 is 23.2 Å². The first-order valence-electron chi connectivity index (χ1n) is 8.50. The molecule has 1 amide bonds. The Morgan fingerprint density at radius 2 is 1.72 bits per heavy atom. The van der Waals surface area contributed by atoms with Gasteiger partial charge in [-0.15, -0.1) is 0 Å². The molecule has 2 aromatic carbocycles. The number of hydrogen-bond donors (Lipinski definition) is 2. The fourth-order valence-electron chi connectivity index (χ4n) is 2.30. The highest BCUT2D eigenvalue weighted by atomic mass is 35.5. The van der Waals surface area contributed by atoms with Gasteiger partial charge in [-0.05, 0) is 36.8 Å². The summed E-state index contributed by atoms with van der Waals surface area (Å²) in [4.78, 5) is 33.7. The molecule has 0 fully saturated rings. The van der Waals surface area contributed by atoms with Crippen LogP contribution < -0.4 is 10.1 Å². The standard InChI is InChI=1S/C19H18Cl2N2O6/c1-9(2)18(24)22-15-5-4-12(8-16(15)23(27)28)29-17-13(20)6-11(7-14(17)21)10(3)19(25)26/h4-10H,1-3H3,(H,22,24)(H,25,26). The molecule has 0 saturated heterocycles. The van der Waals surface area contributed by atoms with Crippen LogP contribution in [0.3, 0.4) is 0 Å². The second-order valence-electron chi connectivity index (χ2n) is 6.56. The molecule has 154 valence electrons. The number of hydrogen-bond acceptors (Lipinski definition) is 5. The number of carboxylic acids is 1. The van der Waals surface area contributed by atoms with Crippen molar-refractivity contribution in [1.82, 2.24) is 0 Å². The summed E-state index contributed by atoms with van der Waals surface area (Å²) in [5, 5.41) is 23.1. The van der Waals surface area contributed by atoms with Crippen molar-refractivity contribution in [3.05, 3.63) is 56.1 Å². The maximum absolute atomic E-state index is 11.8. The molecule has 0 aromatic heterocycles. The Hall–Kier alpha value is -2.84. The van der Waals surface area contributed by atoms with Gasteiger partial charge in [-0.1, -0.05) is 37.0 Å². The minimum Gasteiger partial charge on any atom is -0.481 e. The van der Waals surface area contributed by atoms with Gasteiger partial charge in [0.1, 0.15) is 11.4 Å². The molecule has 0 spiro atoms. The highest BCUT2D eigenvalue weighted by Gasteiger charge is 2.21. The third-order valence-corrected chi connectivity index (χ3v) is 4.62. The first kappa shape index (κ1) is 22.4. The van der Waals surface area contributed by atoms with Gasteiger partial charge >= 0.3 is 5.97 Å². The van der Waals surface area contributed by atoms with Gasteiger partial charge in [0.2, 0.25) is 5.91 Å². The van der Waals surface area contributed by atoms with Gasteiger partial charge < -0.3 is 15.2 Å². The summed E-state index contributed by atoms with van der Waals surface area (Å²) in [6, 6.07) is 6.72. The van der Waals surface area contributed by atoms with Gasteiger partial charge in [0.25, 0.3) is 5.69 Å². The van der Waals surface area contributed by atoms with E-state index in [-0.39, 0.29) is 44.7 Å². The number of anilines is 1. The molecule has 0 aliphatic heterocycles. The van der Waals surface area contributed by atoms with E-state index in [1.807, 2.05) is 0 Å². The normalized spacial score (nSPS) is 11.8. The van der Waals surface area contributed by atoms with Crippen LogP contribution in [0.25, 0.3) is 0 Å².